The molecule has 6 heteroatoms. The van der Waals surface area contributed by atoms with Crippen molar-refractivity contribution in [2.45, 2.75) is 117 Å². The van der Waals surface area contributed by atoms with Crippen LogP contribution >= 0.6 is 35.3 Å². The highest BCUT2D eigenvalue weighted by molar-refractivity contribution is 8.08. The van der Waals surface area contributed by atoms with E-state index in [0.717, 1.165) is 47.3 Å². The van der Waals surface area contributed by atoms with Crippen molar-refractivity contribution < 1.29 is 4.74 Å². The Hall–Kier alpha value is 0.410. The Labute approximate surface area is 222 Å². The van der Waals surface area contributed by atoms with Crippen LogP contribution in [0, 0.1) is 0 Å². The second-order valence-corrected chi connectivity index (χ2v) is 14.4. The van der Waals surface area contributed by atoms with Crippen LogP contribution in [0.5, 0.6) is 0 Å². The van der Waals surface area contributed by atoms with E-state index in [0.29, 0.717) is 5.37 Å². The number of hydrazine groups is 1. The number of rotatable bonds is 19. The number of hydrogen-bond donors (Lipinski definition) is 1. The molecule has 5 atom stereocenters. The minimum absolute atomic E-state index is 0.535. The molecule has 3 nitrogen and oxygen atoms in total. The predicted molar refractivity (Wildman–Crippen MR) is 155 cm³/mol. The van der Waals surface area contributed by atoms with Gasteiger partial charge in [0, 0.05) is 39.8 Å². The van der Waals surface area contributed by atoms with Crippen LogP contribution in [0.25, 0.3) is 0 Å². The van der Waals surface area contributed by atoms with Crippen molar-refractivity contribution in [3.8, 4) is 0 Å². The average Bonchev–Trinajstić information content (AvgIpc) is 3.78. The Bertz CT molecular complexity index is 637. The van der Waals surface area contributed by atoms with E-state index < -0.39 is 0 Å². The quantitative estimate of drug-likeness (QED) is 0.107. The molecule has 3 fully saturated rings. The fraction of sp³-hybridized carbons (Fsp3) is 0.857. The maximum absolute atomic E-state index is 5.54. The standard InChI is InChI=1S/C28H48N2OS3/c1-2-3-4-5-6-9-14-24-25(33-24)15-10-7-8-11-17-27(29-30-18-20-31-21-19-30)32-22-23-13-12-16-26-28(23)34-26/h12-13,16,24-29H,2-11,14-15,17-22H2,1H3. The van der Waals surface area contributed by atoms with Crippen molar-refractivity contribution in [3.05, 3.63) is 23.8 Å². The number of nitrogens with zero attached hydrogens (tertiary/aromatic N) is 1. The number of ether oxygens (including phenoxy) is 1. The second kappa shape index (κ2) is 15.6. The number of thioether (sulfide) groups is 3. The number of unbranched alkanes of at least 4 members (excludes halogenated alkanes) is 8. The largest absolute Gasteiger partial charge is 0.379 e. The van der Waals surface area contributed by atoms with Gasteiger partial charge in [-0.25, -0.2) is 10.4 Å². The average molecular weight is 525 g/mol. The third-order valence-corrected chi connectivity index (χ3v) is 11.6. The van der Waals surface area contributed by atoms with Crippen molar-refractivity contribution in [1.29, 1.82) is 0 Å². The van der Waals surface area contributed by atoms with Crippen LogP contribution < -0.4 is 5.43 Å². The van der Waals surface area contributed by atoms with Gasteiger partial charge in [0.1, 0.15) is 0 Å². The Kier molecular flexibility index (Phi) is 12.6. The van der Waals surface area contributed by atoms with Gasteiger partial charge in [-0.1, -0.05) is 89.4 Å². The van der Waals surface area contributed by atoms with Gasteiger partial charge in [0.2, 0.25) is 0 Å². The van der Waals surface area contributed by atoms with E-state index in [4.69, 9.17) is 4.74 Å². The first-order chi connectivity index (χ1) is 16.8. The third-order valence-electron chi connectivity index (χ3n) is 7.53. The maximum atomic E-state index is 5.54. The summed E-state index contributed by atoms with van der Waals surface area (Å²) in [5, 5.41) is 6.52. The summed E-state index contributed by atoms with van der Waals surface area (Å²) in [6, 6.07) is 0. The Morgan fingerprint density at radius 3 is 2.44 bits per heavy atom. The van der Waals surface area contributed by atoms with Gasteiger partial charge < -0.3 is 4.74 Å². The number of nitrogens with one attached hydrogen (secondary N) is 1. The maximum Gasteiger partial charge on any atom is 0.0671 e. The van der Waals surface area contributed by atoms with E-state index in [2.05, 4.69) is 70.9 Å². The molecule has 0 radical (unpaired) electrons. The summed E-state index contributed by atoms with van der Waals surface area (Å²) >= 11 is 6.53. The van der Waals surface area contributed by atoms with E-state index in [1.807, 2.05) is 0 Å². The molecule has 0 aromatic carbocycles. The van der Waals surface area contributed by atoms with Crippen LogP contribution in [0.4, 0.5) is 0 Å². The molecule has 0 saturated carbocycles. The third kappa shape index (κ3) is 10.0. The lowest BCUT2D eigenvalue weighted by Crippen LogP contribution is -2.49. The topological polar surface area (TPSA) is 24.5 Å². The zero-order valence-corrected chi connectivity index (χ0v) is 23.9. The molecule has 0 aromatic heterocycles. The molecule has 4 aliphatic rings. The summed E-state index contributed by atoms with van der Waals surface area (Å²) in [4.78, 5) is 0. The number of morpholine rings is 1. The Morgan fingerprint density at radius 1 is 0.971 bits per heavy atom. The molecule has 0 aromatic rings. The highest BCUT2D eigenvalue weighted by Crippen LogP contribution is 2.50. The molecule has 3 saturated heterocycles. The summed E-state index contributed by atoms with van der Waals surface area (Å²) < 4.78 is 5.54. The van der Waals surface area contributed by atoms with Gasteiger partial charge in [-0.05, 0) is 24.8 Å². The number of hydrogen-bond acceptors (Lipinski definition) is 6. The molecule has 194 valence electrons. The predicted octanol–water partition coefficient (Wildman–Crippen LogP) is 7.44. The fourth-order valence-electron chi connectivity index (χ4n) is 5.20. The van der Waals surface area contributed by atoms with Crippen molar-refractivity contribution in [2.24, 2.45) is 0 Å². The summed E-state index contributed by atoms with van der Waals surface area (Å²) in [6.07, 6.45) is 25.5. The van der Waals surface area contributed by atoms with Crippen molar-refractivity contribution >= 4 is 35.3 Å². The van der Waals surface area contributed by atoms with E-state index in [1.54, 1.807) is 5.57 Å². The molecule has 0 amide bonds. The zero-order chi connectivity index (χ0) is 23.4. The lowest BCUT2D eigenvalue weighted by Gasteiger charge is -2.31. The Morgan fingerprint density at radius 2 is 1.68 bits per heavy atom. The molecule has 34 heavy (non-hydrogen) atoms. The highest BCUT2D eigenvalue weighted by Gasteiger charge is 2.40. The van der Waals surface area contributed by atoms with Crippen LogP contribution in [-0.2, 0) is 4.74 Å². The number of allylic oxidation sites excluding steroid dienone is 2. The fourth-order valence-corrected chi connectivity index (χ4v) is 8.80. The van der Waals surface area contributed by atoms with Crippen LogP contribution in [0.3, 0.4) is 0 Å². The lowest BCUT2D eigenvalue weighted by atomic mass is 10.0. The van der Waals surface area contributed by atoms with Gasteiger partial charge in [0.25, 0.3) is 0 Å². The molecule has 3 aliphatic heterocycles. The van der Waals surface area contributed by atoms with Crippen molar-refractivity contribution in [2.75, 3.05) is 32.1 Å². The van der Waals surface area contributed by atoms with Gasteiger partial charge in [-0.2, -0.15) is 11.8 Å². The second-order valence-electron chi connectivity index (χ2n) is 10.4. The van der Waals surface area contributed by atoms with Gasteiger partial charge in [-0.15, -0.1) is 23.5 Å². The zero-order valence-electron chi connectivity index (χ0n) is 21.4. The normalized spacial score (nSPS) is 29.0. The lowest BCUT2D eigenvalue weighted by molar-refractivity contribution is 0.00941. The minimum atomic E-state index is 0.535. The van der Waals surface area contributed by atoms with Gasteiger partial charge >= 0.3 is 0 Å². The highest BCUT2D eigenvalue weighted by atomic mass is 32.2. The first kappa shape index (κ1) is 27.4. The first-order valence-electron chi connectivity index (χ1n) is 14.2. The van der Waals surface area contributed by atoms with E-state index in [-0.39, 0.29) is 0 Å². The summed E-state index contributed by atoms with van der Waals surface area (Å²) in [5.41, 5.74) is 5.49. The van der Waals surface area contributed by atoms with E-state index in [1.165, 1.54) is 89.2 Å². The van der Waals surface area contributed by atoms with Crippen molar-refractivity contribution in [3.63, 3.8) is 0 Å². The van der Waals surface area contributed by atoms with Crippen LogP contribution in [0.15, 0.2) is 23.8 Å². The molecule has 1 N–H and O–H groups in total. The molecular weight excluding hydrogens is 477 g/mol. The molecule has 5 unspecified atom stereocenters. The van der Waals surface area contributed by atoms with E-state index in [9.17, 15) is 0 Å². The molecule has 3 heterocycles. The monoisotopic (exact) mass is 524 g/mol. The first-order valence-corrected chi connectivity index (χ1v) is 17.2. The molecule has 4 rings (SSSR count). The van der Waals surface area contributed by atoms with Gasteiger partial charge in [0.15, 0.2) is 0 Å². The van der Waals surface area contributed by atoms with Crippen LogP contribution in [0.2, 0.25) is 0 Å². The Balaban J connectivity index is 1.04. The summed E-state index contributed by atoms with van der Waals surface area (Å²) in [6.45, 7) is 6.06. The number of fused-ring (bicyclic) bond motifs is 1. The van der Waals surface area contributed by atoms with Gasteiger partial charge in [-0.3, -0.25) is 0 Å². The van der Waals surface area contributed by atoms with E-state index >= 15 is 0 Å². The molecule has 0 spiro atoms. The summed E-state index contributed by atoms with van der Waals surface area (Å²) in [7, 11) is 0. The van der Waals surface area contributed by atoms with Crippen molar-refractivity contribution in [1.82, 2.24) is 10.4 Å². The van der Waals surface area contributed by atoms with Gasteiger partial charge in [0.05, 0.1) is 18.6 Å². The minimum Gasteiger partial charge on any atom is -0.379 e. The molecule has 1 aliphatic carbocycles. The molecular formula is C28H48N2OS3. The smallest absolute Gasteiger partial charge is 0.0671 e. The molecule has 0 bridgehead atoms. The SMILES string of the molecule is CCCCCCCCC1SC1CCCCCCC(NN1CCOCC1)SCC1=CC=CC2SC12. The van der Waals surface area contributed by atoms with Crippen LogP contribution in [-0.4, -0.2) is 63.4 Å². The summed E-state index contributed by atoms with van der Waals surface area (Å²) in [5.74, 6) is 1.18. The van der Waals surface area contributed by atoms with Crippen LogP contribution in [0.1, 0.15) is 90.4 Å².